The molecule has 19 heavy (non-hydrogen) atoms. The summed E-state index contributed by atoms with van der Waals surface area (Å²) in [6.45, 7) is 2.86. The van der Waals surface area contributed by atoms with E-state index >= 15 is 0 Å². The molecule has 0 saturated heterocycles. The van der Waals surface area contributed by atoms with E-state index in [0.29, 0.717) is 6.07 Å². The second-order valence-corrected chi connectivity index (χ2v) is 4.94. The molecule has 0 spiro atoms. The first-order valence-corrected chi connectivity index (χ1v) is 5.55. The topological polar surface area (TPSA) is 58.3 Å². The van der Waals surface area contributed by atoms with Crippen LogP contribution in [0.4, 0.5) is 13.2 Å². The zero-order valence-corrected chi connectivity index (χ0v) is 10.4. The van der Waals surface area contributed by atoms with Crippen molar-refractivity contribution in [3.63, 3.8) is 0 Å². The molecule has 0 fully saturated rings. The highest BCUT2D eigenvalue weighted by Crippen LogP contribution is 2.38. The Morgan fingerprint density at radius 3 is 2.42 bits per heavy atom. The second-order valence-electron chi connectivity index (χ2n) is 4.94. The molecule has 2 aromatic rings. The van der Waals surface area contributed by atoms with Crippen LogP contribution in [0.25, 0.3) is 11.0 Å². The Kier molecular flexibility index (Phi) is 2.97. The summed E-state index contributed by atoms with van der Waals surface area (Å²) >= 11 is 0. The summed E-state index contributed by atoms with van der Waals surface area (Å²) in [4.78, 5) is 3.86. The fourth-order valence-corrected chi connectivity index (χ4v) is 1.88. The standard InChI is InChI=1S/C12H13F3N2O2/c1-11(2,5-18)17-6-16-9-4-7(19)3-8(10(9)17)12(13,14)15/h3-4,6,18-19H,5H2,1-2H3. The number of aromatic nitrogens is 2. The van der Waals surface area contributed by atoms with E-state index in [9.17, 15) is 23.4 Å². The Morgan fingerprint density at radius 2 is 1.89 bits per heavy atom. The fraction of sp³-hybridized carbons (Fsp3) is 0.417. The molecule has 0 atom stereocenters. The predicted octanol–water partition coefficient (Wildman–Crippen LogP) is 2.49. The van der Waals surface area contributed by atoms with Crippen LogP contribution in [0.1, 0.15) is 19.4 Å². The molecule has 1 aromatic carbocycles. The molecule has 0 aliphatic heterocycles. The van der Waals surface area contributed by atoms with Crippen LogP contribution in [0.15, 0.2) is 18.5 Å². The van der Waals surface area contributed by atoms with Gasteiger partial charge in [0.15, 0.2) is 0 Å². The van der Waals surface area contributed by atoms with E-state index in [1.165, 1.54) is 10.9 Å². The molecule has 0 aliphatic rings. The number of phenolic OH excluding ortho intramolecular Hbond substituents is 1. The van der Waals surface area contributed by atoms with Gasteiger partial charge in [0.25, 0.3) is 0 Å². The molecular formula is C12H13F3N2O2. The number of alkyl halides is 3. The van der Waals surface area contributed by atoms with Crippen molar-refractivity contribution in [2.24, 2.45) is 0 Å². The van der Waals surface area contributed by atoms with Gasteiger partial charge in [0, 0.05) is 6.07 Å². The van der Waals surface area contributed by atoms with Crippen molar-refractivity contribution in [1.29, 1.82) is 0 Å². The van der Waals surface area contributed by atoms with Crippen molar-refractivity contribution in [1.82, 2.24) is 9.55 Å². The van der Waals surface area contributed by atoms with Gasteiger partial charge in [0.1, 0.15) is 5.75 Å². The molecule has 2 rings (SSSR count). The first-order valence-electron chi connectivity index (χ1n) is 5.55. The van der Waals surface area contributed by atoms with Crippen molar-refractivity contribution in [3.8, 4) is 5.75 Å². The Labute approximate surface area is 107 Å². The van der Waals surface area contributed by atoms with E-state index in [0.717, 1.165) is 6.07 Å². The zero-order valence-electron chi connectivity index (χ0n) is 10.4. The van der Waals surface area contributed by atoms with Crippen molar-refractivity contribution in [3.05, 3.63) is 24.0 Å². The minimum atomic E-state index is -4.61. The number of phenols is 1. The van der Waals surface area contributed by atoms with E-state index in [1.807, 2.05) is 0 Å². The molecule has 0 saturated carbocycles. The van der Waals surface area contributed by atoms with Gasteiger partial charge < -0.3 is 14.8 Å². The lowest BCUT2D eigenvalue weighted by atomic mass is 10.1. The second kappa shape index (κ2) is 4.12. The highest BCUT2D eigenvalue weighted by molar-refractivity contribution is 5.81. The van der Waals surface area contributed by atoms with Crippen LogP contribution in [0, 0.1) is 0 Å². The third kappa shape index (κ3) is 2.25. The van der Waals surface area contributed by atoms with E-state index < -0.39 is 23.0 Å². The third-order valence-corrected chi connectivity index (χ3v) is 2.97. The molecule has 0 aliphatic carbocycles. The van der Waals surface area contributed by atoms with Crippen molar-refractivity contribution >= 4 is 11.0 Å². The van der Waals surface area contributed by atoms with Crippen LogP contribution in [0.2, 0.25) is 0 Å². The van der Waals surface area contributed by atoms with Gasteiger partial charge in [-0.1, -0.05) is 0 Å². The van der Waals surface area contributed by atoms with Gasteiger partial charge in [-0.25, -0.2) is 4.98 Å². The van der Waals surface area contributed by atoms with Gasteiger partial charge in [-0.05, 0) is 19.9 Å². The zero-order chi connectivity index (χ0) is 14.4. The summed E-state index contributed by atoms with van der Waals surface area (Å²) in [6.07, 6.45) is -3.38. The molecule has 1 heterocycles. The number of hydrogen-bond donors (Lipinski definition) is 2. The number of hydrogen-bond acceptors (Lipinski definition) is 3. The van der Waals surface area contributed by atoms with Gasteiger partial charge in [0.2, 0.25) is 0 Å². The number of aliphatic hydroxyl groups is 1. The number of nitrogens with zero attached hydrogens (tertiary/aromatic N) is 2. The number of imidazole rings is 1. The molecule has 0 amide bonds. The van der Waals surface area contributed by atoms with Crippen LogP contribution in [-0.4, -0.2) is 26.4 Å². The monoisotopic (exact) mass is 274 g/mol. The lowest BCUT2D eigenvalue weighted by Crippen LogP contribution is -2.30. The highest BCUT2D eigenvalue weighted by Gasteiger charge is 2.36. The molecule has 7 heteroatoms. The van der Waals surface area contributed by atoms with Crippen LogP contribution >= 0.6 is 0 Å². The Hall–Kier alpha value is -1.76. The largest absolute Gasteiger partial charge is 0.508 e. The van der Waals surface area contributed by atoms with Crippen LogP contribution < -0.4 is 0 Å². The van der Waals surface area contributed by atoms with E-state index in [2.05, 4.69) is 4.98 Å². The first-order chi connectivity index (χ1) is 8.66. The molecule has 104 valence electrons. The SMILES string of the molecule is CC(C)(CO)n1cnc2cc(O)cc(C(F)(F)F)c21. The fourth-order valence-electron chi connectivity index (χ4n) is 1.88. The summed E-state index contributed by atoms with van der Waals surface area (Å²) in [5.74, 6) is -0.494. The minimum absolute atomic E-state index is 0.0360. The lowest BCUT2D eigenvalue weighted by molar-refractivity contribution is -0.136. The maximum absolute atomic E-state index is 13.0. The summed E-state index contributed by atoms with van der Waals surface area (Å²) in [7, 11) is 0. The molecule has 0 unspecified atom stereocenters. The molecule has 0 radical (unpaired) electrons. The number of aliphatic hydroxyl groups excluding tert-OH is 1. The maximum atomic E-state index is 13.0. The number of rotatable bonds is 2. The van der Waals surface area contributed by atoms with Crippen molar-refractivity contribution in [2.75, 3.05) is 6.61 Å². The van der Waals surface area contributed by atoms with Gasteiger partial charge in [-0.2, -0.15) is 13.2 Å². The number of fused-ring (bicyclic) bond motifs is 1. The van der Waals surface area contributed by atoms with Crippen LogP contribution in [0.3, 0.4) is 0 Å². The van der Waals surface area contributed by atoms with Gasteiger partial charge in [0.05, 0.1) is 35.1 Å². The molecule has 4 nitrogen and oxygen atoms in total. The van der Waals surface area contributed by atoms with Crippen molar-refractivity contribution < 1.29 is 23.4 Å². The first kappa shape index (κ1) is 13.7. The average molecular weight is 274 g/mol. The van der Waals surface area contributed by atoms with Crippen LogP contribution in [0.5, 0.6) is 5.75 Å². The smallest absolute Gasteiger partial charge is 0.418 e. The number of halogens is 3. The van der Waals surface area contributed by atoms with E-state index in [1.54, 1.807) is 13.8 Å². The molecule has 0 bridgehead atoms. The summed E-state index contributed by atoms with van der Waals surface area (Å²) in [6, 6.07) is 1.82. The summed E-state index contributed by atoms with van der Waals surface area (Å²) < 4.78 is 40.4. The van der Waals surface area contributed by atoms with Crippen molar-refractivity contribution in [2.45, 2.75) is 25.6 Å². The van der Waals surface area contributed by atoms with Crippen LogP contribution in [-0.2, 0) is 11.7 Å². The van der Waals surface area contributed by atoms with E-state index in [4.69, 9.17) is 0 Å². The quantitative estimate of drug-likeness (QED) is 0.884. The highest BCUT2D eigenvalue weighted by atomic mass is 19.4. The summed E-state index contributed by atoms with van der Waals surface area (Å²) in [5.41, 5.74) is -2.01. The number of aromatic hydroxyl groups is 1. The molecular weight excluding hydrogens is 261 g/mol. The third-order valence-electron chi connectivity index (χ3n) is 2.97. The predicted molar refractivity (Wildman–Crippen MR) is 62.8 cm³/mol. The number of benzene rings is 1. The maximum Gasteiger partial charge on any atom is 0.418 e. The van der Waals surface area contributed by atoms with Gasteiger partial charge in [-0.3, -0.25) is 0 Å². The summed E-state index contributed by atoms with van der Waals surface area (Å²) in [5, 5.41) is 18.6. The molecule has 1 aromatic heterocycles. The minimum Gasteiger partial charge on any atom is -0.508 e. The Morgan fingerprint density at radius 1 is 1.26 bits per heavy atom. The molecule has 2 N–H and O–H groups in total. The van der Waals surface area contributed by atoms with Gasteiger partial charge >= 0.3 is 6.18 Å². The Bertz CT molecular complexity index is 617. The van der Waals surface area contributed by atoms with E-state index in [-0.39, 0.29) is 17.6 Å². The Balaban J connectivity index is 2.84. The average Bonchev–Trinajstić information content (AvgIpc) is 2.70. The van der Waals surface area contributed by atoms with Gasteiger partial charge in [-0.15, -0.1) is 0 Å². The lowest BCUT2D eigenvalue weighted by Gasteiger charge is -2.25. The normalized spacial score (nSPS) is 13.2.